The van der Waals surface area contributed by atoms with Gasteiger partial charge in [0.05, 0.1) is 6.54 Å². The molecule has 1 heterocycles. The van der Waals surface area contributed by atoms with Crippen LogP contribution >= 0.6 is 0 Å². The zero-order chi connectivity index (χ0) is 16.5. The van der Waals surface area contributed by atoms with Crippen molar-refractivity contribution in [3.63, 3.8) is 0 Å². The van der Waals surface area contributed by atoms with E-state index in [2.05, 4.69) is 17.0 Å². The molecule has 1 aliphatic rings. The van der Waals surface area contributed by atoms with Gasteiger partial charge in [0.1, 0.15) is 12.6 Å². The zero-order valence-electron chi connectivity index (χ0n) is 15.5. The molecule has 1 unspecified atom stereocenters. The molecule has 133 valence electrons. The van der Waals surface area contributed by atoms with Crippen LogP contribution in [0.25, 0.3) is 0 Å². The number of hydrogen-bond acceptors (Lipinski definition) is 3. The predicted octanol–water partition coefficient (Wildman–Crippen LogP) is 4.53. The summed E-state index contributed by atoms with van der Waals surface area (Å²) in [7, 11) is 0. The smallest absolute Gasteiger partial charge is 0.325 e. The van der Waals surface area contributed by atoms with E-state index in [0.717, 1.165) is 25.1 Å². The number of aryl methyl sites for hydroxylation is 1. The third kappa shape index (κ3) is 7.71. The number of carbonyl (C=O) groups excluding carboxylic acids is 1. The normalized spacial score (nSPS) is 15.7. The fourth-order valence-corrected chi connectivity index (χ4v) is 2.68. The summed E-state index contributed by atoms with van der Waals surface area (Å²) in [6.45, 7) is 5.11. The first-order valence-corrected chi connectivity index (χ1v) is 8.34. The van der Waals surface area contributed by atoms with Crippen LogP contribution in [-0.4, -0.2) is 25.2 Å². The number of morpholine rings is 1. The number of esters is 1. The summed E-state index contributed by atoms with van der Waals surface area (Å²) in [6.07, 6.45) is 1.76. The Bertz CT molecular complexity index is 589. The molecular weight excluding hydrogens is 387 g/mol. The summed E-state index contributed by atoms with van der Waals surface area (Å²) >= 11 is 0. The van der Waals surface area contributed by atoms with Crippen LogP contribution in [0.2, 0.25) is 0 Å². The summed E-state index contributed by atoms with van der Waals surface area (Å²) in [5.41, 5.74) is 2.37. The first-order chi connectivity index (χ1) is 11.3. The third-order valence-corrected chi connectivity index (χ3v) is 3.76. The Morgan fingerprint density at radius 1 is 1.00 bits per heavy atom. The number of ether oxygens (including phenoxy) is 1. The molecular formula is C21H28NO2Y-. The van der Waals surface area contributed by atoms with Gasteiger partial charge < -0.3 is 17.1 Å². The molecule has 0 N–H and O–H groups in total. The van der Waals surface area contributed by atoms with Crippen molar-refractivity contribution in [2.24, 2.45) is 0 Å². The molecule has 1 saturated heterocycles. The van der Waals surface area contributed by atoms with Gasteiger partial charge in [-0.05, 0) is 30.5 Å². The summed E-state index contributed by atoms with van der Waals surface area (Å²) < 4.78 is 5.48. The van der Waals surface area contributed by atoms with Gasteiger partial charge in [-0.2, -0.15) is 0 Å². The fourth-order valence-electron chi connectivity index (χ4n) is 2.68. The molecule has 0 spiro atoms. The van der Waals surface area contributed by atoms with E-state index in [1.165, 1.54) is 5.56 Å². The molecule has 0 amide bonds. The van der Waals surface area contributed by atoms with Crippen molar-refractivity contribution in [1.82, 2.24) is 0 Å². The SMILES string of the molecule is CC.O=C1CN(c2ccccc2)CC(CCc2ccccc2)O1.[CH3-].[Y]. The first kappa shape index (κ1) is 23.8. The first-order valence-electron chi connectivity index (χ1n) is 8.34. The summed E-state index contributed by atoms with van der Waals surface area (Å²) in [6, 6.07) is 20.4. The standard InChI is InChI=1S/C18H19NO2.C2H6.CH3.Y/c20-18-14-19(16-9-5-2-6-10-16)13-17(21-18)12-11-15-7-3-1-4-8-15;1-2;;/h1-10,17H,11-14H2;1-2H3;1H3;/q;;-1;. The molecule has 1 fully saturated rings. The van der Waals surface area contributed by atoms with Crippen LogP contribution in [0.1, 0.15) is 25.8 Å². The van der Waals surface area contributed by atoms with E-state index in [0.29, 0.717) is 6.54 Å². The van der Waals surface area contributed by atoms with Gasteiger partial charge in [-0.1, -0.05) is 62.4 Å². The minimum atomic E-state index is -0.136. The Labute approximate surface area is 177 Å². The molecule has 3 nitrogen and oxygen atoms in total. The maximum Gasteiger partial charge on any atom is 0.325 e. The largest absolute Gasteiger partial charge is 0.459 e. The van der Waals surface area contributed by atoms with Crippen LogP contribution in [-0.2, 0) is 48.7 Å². The molecule has 2 aromatic rings. The Morgan fingerprint density at radius 2 is 1.56 bits per heavy atom. The van der Waals surface area contributed by atoms with E-state index in [-0.39, 0.29) is 52.2 Å². The molecule has 25 heavy (non-hydrogen) atoms. The second-order valence-electron chi connectivity index (χ2n) is 5.35. The second-order valence-corrected chi connectivity index (χ2v) is 5.35. The van der Waals surface area contributed by atoms with E-state index in [9.17, 15) is 4.79 Å². The number of benzene rings is 2. The molecule has 1 radical (unpaired) electrons. The fraction of sp³-hybridized carbons (Fsp3) is 0.333. The van der Waals surface area contributed by atoms with Crippen molar-refractivity contribution in [1.29, 1.82) is 0 Å². The van der Waals surface area contributed by atoms with Crippen LogP contribution in [0.5, 0.6) is 0 Å². The number of nitrogens with zero attached hydrogens (tertiary/aromatic N) is 1. The maximum absolute atomic E-state index is 11.8. The summed E-state index contributed by atoms with van der Waals surface area (Å²) in [5.74, 6) is -0.136. The molecule has 2 aromatic carbocycles. The number of hydrogen-bond donors (Lipinski definition) is 0. The van der Waals surface area contributed by atoms with Crippen molar-refractivity contribution >= 4 is 11.7 Å². The molecule has 1 atom stereocenters. The third-order valence-electron chi connectivity index (χ3n) is 3.76. The van der Waals surface area contributed by atoms with Crippen LogP contribution in [0.4, 0.5) is 5.69 Å². The van der Waals surface area contributed by atoms with Gasteiger partial charge in [0, 0.05) is 38.4 Å². The average molecular weight is 415 g/mol. The van der Waals surface area contributed by atoms with Crippen molar-refractivity contribution in [3.8, 4) is 0 Å². The summed E-state index contributed by atoms with van der Waals surface area (Å²) in [4.78, 5) is 13.9. The molecule has 1 aliphatic heterocycles. The van der Waals surface area contributed by atoms with E-state index in [1.54, 1.807) is 0 Å². The number of para-hydroxylation sites is 1. The van der Waals surface area contributed by atoms with Crippen LogP contribution < -0.4 is 4.90 Å². The van der Waals surface area contributed by atoms with Gasteiger partial charge in [0.25, 0.3) is 0 Å². The van der Waals surface area contributed by atoms with Gasteiger partial charge in [0.2, 0.25) is 0 Å². The van der Waals surface area contributed by atoms with E-state index >= 15 is 0 Å². The van der Waals surface area contributed by atoms with Crippen molar-refractivity contribution in [2.45, 2.75) is 32.8 Å². The van der Waals surface area contributed by atoms with Gasteiger partial charge in [0.15, 0.2) is 0 Å². The predicted molar refractivity (Wildman–Crippen MR) is 101 cm³/mol. The monoisotopic (exact) mass is 415 g/mol. The van der Waals surface area contributed by atoms with Crippen molar-refractivity contribution in [3.05, 3.63) is 73.7 Å². The Kier molecular flexibility index (Phi) is 12.5. The van der Waals surface area contributed by atoms with E-state index in [4.69, 9.17) is 4.74 Å². The quantitative estimate of drug-likeness (QED) is 0.543. The Balaban J connectivity index is 0.00000139. The summed E-state index contributed by atoms with van der Waals surface area (Å²) in [5, 5.41) is 0. The topological polar surface area (TPSA) is 29.5 Å². The number of cyclic esters (lactones) is 1. The van der Waals surface area contributed by atoms with Crippen molar-refractivity contribution < 1.29 is 42.2 Å². The van der Waals surface area contributed by atoms with Crippen molar-refractivity contribution in [2.75, 3.05) is 18.0 Å². The van der Waals surface area contributed by atoms with E-state index in [1.807, 2.05) is 62.4 Å². The average Bonchev–Trinajstić information content (AvgIpc) is 2.63. The molecule has 3 rings (SSSR count). The van der Waals surface area contributed by atoms with Gasteiger partial charge >= 0.3 is 5.97 Å². The second kappa shape index (κ2) is 13.1. The van der Waals surface area contributed by atoms with Gasteiger partial charge in [-0.3, -0.25) is 4.79 Å². The number of carbonyl (C=O) groups is 1. The molecule has 0 saturated carbocycles. The molecule has 0 bridgehead atoms. The van der Waals surface area contributed by atoms with Gasteiger partial charge in [-0.25, -0.2) is 0 Å². The molecule has 0 aromatic heterocycles. The minimum absolute atomic E-state index is 0. The van der Waals surface area contributed by atoms with Crippen LogP contribution in [0.15, 0.2) is 60.7 Å². The Morgan fingerprint density at radius 3 is 2.16 bits per heavy atom. The van der Waals surface area contributed by atoms with Crippen LogP contribution in [0.3, 0.4) is 0 Å². The Hall–Kier alpha value is -1.19. The van der Waals surface area contributed by atoms with Crippen LogP contribution in [0, 0.1) is 7.43 Å². The number of rotatable bonds is 4. The molecule has 0 aliphatic carbocycles. The zero-order valence-corrected chi connectivity index (χ0v) is 18.4. The van der Waals surface area contributed by atoms with Gasteiger partial charge in [-0.15, -0.1) is 0 Å². The maximum atomic E-state index is 11.8. The molecule has 4 heteroatoms. The minimum Gasteiger partial charge on any atom is -0.459 e. The number of anilines is 1. The van der Waals surface area contributed by atoms with E-state index < -0.39 is 0 Å².